The van der Waals surface area contributed by atoms with Crippen molar-refractivity contribution in [3.63, 3.8) is 0 Å². The predicted molar refractivity (Wildman–Crippen MR) is 73.5 cm³/mol. The summed E-state index contributed by atoms with van der Waals surface area (Å²) in [6.07, 6.45) is 0. The number of nitrogens with one attached hydrogen (secondary N) is 2. The molecule has 0 saturated heterocycles. The van der Waals surface area contributed by atoms with Crippen molar-refractivity contribution in [2.75, 3.05) is 12.4 Å². The van der Waals surface area contributed by atoms with Crippen molar-refractivity contribution >= 4 is 11.6 Å². The van der Waals surface area contributed by atoms with Gasteiger partial charge in [-0.25, -0.2) is 8.78 Å². The van der Waals surface area contributed by atoms with E-state index in [2.05, 4.69) is 10.6 Å². The molecule has 0 radical (unpaired) electrons. The van der Waals surface area contributed by atoms with Gasteiger partial charge < -0.3 is 10.6 Å². The zero-order chi connectivity index (χ0) is 14.5. The highest BCUT2D eigenvalue weighted by Gasteiger charge is 2.11. The zero-order valence-corrected chi connectivity index (χ0v) is 10.9. The molecule has 104 valence electrons. The van der Waals surface area contributed by atoms with E-state index >= 15 is 0 Å². The van der Waals surface area contributed by atoms with Crippen LogP contribution in [-0.4, -0.2) is 13.0 Å². The average molecular weight is 276 g/mol. The predicted octanol–water partition coefficient (Wildman–Crippen LogP) is 2.94. The Kier molecular flexibility index (Phi) is 4.30. The third kappa shape index (κ3) is 3.12. The van der Waals surface area contributed by atoms with E-state index in [1.165, 1.54) is 6.07 Å². The van der Waals surface area contributed by atoms with Crippen LogP contribution in [0, 0.1) is 11.6 Å². The number of amides is 1. The Morgan fingerprint density at radius 1 is 1.15 bits per heavy atom. The maximum absolute atomic E-state index is 13.4. The van der Waals surface area contributed by atoms with Gasteiger partial charge in [-0.05, 0) is 18.2 Å². The molecule has 0 saturated carbocycles. The Hall–Kier alpha value is -2.43. The lowest BCUT2D eigenvalue weighted by atomic mass is 10.1. The highest BCUT2D eigenvalue weighted by molar-refractivity contribution is 5.99. The van der Waals surface area contributed by atoms with Crippen molar-refractivity contribution < 1.29 is 13.6 Å². The van der Waals surface area contributed by atoms with Crippen LogP contribution in [0.2, 0.25) is 0 Å². The fraction of sp³-hybridized carbons (Fsp3) is 0.133. The van der Waals surface area contributed by atoms with Crippen LogP contribution in [0.5, 0.6) is 0 Å². The molecule has 0 unspecified atom stereocenters. The minimum absolute atomic E-state index is 0.00297. The van der Waals surface area contributed by atoms with E-state index in [0.717, 1.165) is 12.1 Å². The lowest BCUT2D eigenvalue weighted by molar-refractivity contribution is 0.0951. The van der Waals surface area contributed by atoms with Gasteiger partial charge in [-0.3, -0.25) is 4.79 Å². The SMILES string of the molecule is CNc1ccccc1C(=O)NCc1ccc(F)cc1F. The summed E-state index contributed by atoms with van der Waals surface area (Å²) in [5.41, 5.74) is 1.39. The molecule has 0 aliphatic heterocycles. The molecule has 2 N–H and O–H groups in total. The summed E-state index contributed by atoms with van der Waals surface area (Å²) in [5.74, 6) is -1.64. The molecule has 0 aromatic heterocycles. The second-order valence-electron chi connectivity index (χ2n) is 4.21. The van der Waals surface area contributed by atoms with Gasteiger partial charge in [-0.2, -0.15) is 0 Å². The van der Waals surface area contributed by atoms with Crippen LogP contribution in [0.3, 0.4) is 0 Å². The first kappa shape index (κ1) is 14.0. The standard InChI is InChI=1S/C15H14F2N2O/c1-18-14-5-3-2-4-12(14)15(20)19-9-10-6-7-11(16)8-13(10)17/h2-8,18H,9H2,1H3,(H,19,20). The molecule has 2 aromatic rings. The molecule has 2 rings (SSSR count). The first-order chi connectivity index (χ1) is 9.61. The second-order valence-corrected chi connectivity index (χ2v) is 4.21. The monoisotopic (exact) mass is 276 g/mol. The molecule has 0 spiro atoms. The van der Waals surface area contributed by atoms with Crippen LogP contribution in [0.1, 0.15) is 15.9 Å². The Bertz CT molecular complexity index is 629. The van der Waals surface area contributed by atoms with Gasteiger partial charge in [0, 0.05) is 30.9 Å². The number of halogens is 2. The molecule has 20 heavy (non-hydrogen) atoms. The minimum atomic E-state index is -0.674. The molecule has 0 aliphatic rings. The van der Waals surface area contributed by atoms with Gasteiger partial charge in [0.15, 0.2) is 0 Å². The Labute approximate surface area is 115 Å². The molecule has 0 atom stereocenters. The van der Waals surface area contributed by atoms with Crippen LogP contribution in [0.25, 0.3) is 0 Å². The van der Waals surface area contributed by atoms with E-state index in [1.807, 2.05) is 6.07 Å². The number of para-hydroxylation sites is 1. The third-order valence-electron chi connectivity index (χ3n) is 2.90. The number of carbonyl (C=O) groups is 1. The largest absolute Gasteiger partial charge is 0.387 e. The fourth-order valence-electron chi connectivity index (χ4n) is 1.83. The molecular weight excluding hydrogens is 262 g/mol. The molecule has 5 heteroatoms. The summed E-state index contributed by atoms with van der Waals surface area (Å²) >= 11 is 0. The first-order valence-corrected chi connectivity index (χ1v) is 6.10. The Morgan fingerprint density at radius 3 is 2.60 bits per heavy atom. The number of benzene rings is 2. The Morgan fingerprint density at radius 2 is 1.90 bits per heavy atom. The van der Waals surface area contributed by atoms with Crippen molar-refractivity contribution in [1.82, 2.24) is 5.32 Å². The van der Waals surface area contributed by atoms with Crippen LogP contribution < -0.4 is 10.6 Å². The quantitative estimate of drug-likeness (QED) is 0.901. The Balaban J connectivity index is 2.09. The fourth-order valence-corrected chi connectivity index (χ4v) is 1.83. The van der Waals surface area contributed by atoms with Gasteiger partial charge in [0.1, 0.15) is 11.6 Å². The van der Waals surface area contributed by atoms with Gasteiger partial charge in [0.05, 0.1) is 5.56 Å². The number of hydrogen-bond donors (Lipinski definition) is 2. The van der Waals surface area contributed by atoms with Gasteiger partial charge in [-0.1, -0.05) is 18.2 Å². The van der Waals surface area contributed by atoms with E-state index in [-0.39, 0.29) is 18.0 Å². The summed E-state index contributed by atoms with van der Waals surface area (Å²) in [4.78, 5) is 12.0. The summed E-state index contributed by atoms with van der Waals surface area (Å²) in [6.45, 7) is 0.00297. The van der Waals surface area contributed by atoms with Crippen LogP contribution in [-0.2, 0) is 6.54 Å². The average Bonchev–Trinajstić information content (AvgIpc) is 2.46. The minimum Gasteiger partial charge on any atom is -0.387 e. The number of hydrogen-bond acceptors (Lipinski definition) is 2. The lowest BCUT2D eigenvalue weighted by Crippen LogP contribution is -2.24. The first-order valence-electron chi connectivity index (χ1n) is 6.10. The van der Waals surface area contributed by atoms with Gasteiger partial charge >= 0.3 is 0 Å². The molecular formula is C15H14F2N2O. The highest BCUT2D eigenvalue weighted by Crippen LogP contribution is 2.14. The van der Waals surface area contributed by atoms with Gasteiger partial charge in [0.2, 0.25) is 0 Å². The summed E-state index contributed by atoms with van der Waals surface area (Å²) in [5, 5.41) is 5.52. The topological polar surface area (TPSA) is 41.1 Å². The summed E-state index contributed by atoms with van der Waals surface area (Å²) in [7, 11) is 1.71. The van der Waals surface area contributed by atoms with Crippen molar-refractivity contribution in [2.45, 2.75) is 6.54 Å². The van der Waals surface area contributed by atoms with Crippen molar-refractivity contribution in [3.05, 3.63) is 65.2 Å². The van der Waals surface area contributed by atoms with Gasteiger partial charge in [0.25, 0.3) is 5.91 Å². The molecule has 0 bridgehead atoms. The van der Waals surface area contributed by atoms with Crippen molar-refractivity contribution in [3.8, 4) is 0 Å². The maximum atomic E-state index is 13.4. The molecule has 2 aromatic carbocycles. The van der Waals surface area contributed by atoms with Crippen molar-refractivity contribution in [2.24, 2.45) is 0 Å². The van der Waals surface area contributed by atoms with Crippen LogP contribution in [0.15, 0.2) is 42.5 Å². The molecule has 0 heterocycles. The maximum Gasteiger partial charge on any atom is 0.253 e. The lowest BCUT2D eigenvalue weighted by Gasteiger charge is -2.10. The van der Waals surface area contributed by atoms with Crippen LogP contribution >= 0.6 is 0 Å². The van der Waals surface area contributed by atoms with E-state index in [9.17, 15) is 13.6 Å². The molecule has 0 aliphatic carbocycles. The van der Waals surface area contributed by atoms with E-state index < -0.39 is 11.6 Å². The summed E-state index contributed by atoms with van der Waals surface area (Å²) in [6, 6.07) is 10.3. The van der Waals surface area contributed by atoms with Crippen molar-refractivity contribution in [1.29, 1.82) is 0 Å². The van der Waals surface area contributed by atoms with E-state index in [0.29, 0.717) is 11.3 Å². The zero-order valence-electron chi connectivity index (χ0n) is 10.9. The highest BCUT2D eigenvalue weighted by atomic mass is 19.1. The number of carbonyl (C=O) groups excluding carboxylic acids is 1. The number of anilines is 1. The molecule has 3 nitrogen and oxygen atoms in total. The normalized spacial score (nSPS) is 10.2. The number of rotatable bonds is 4. The molecule has 1 amide bonds. The third-order valence-corrected chi connectivity index (χ3v) is 2.90. The smallest absolute Gasteiger partial charge is 0.253 e. The summed E-state index contributed by atoms with van der Waals surface area (Å²) < 4.78 is 26.2. The second kappa shape index (κ2) is 6.14. The van der Waals surface area contributed by atoms with Gasteiger partial charge in [-0.15, -0.1) is 0 Å². The van der Waals surface area contributed by atoms with E-state index in [4.69, 9.17) is 0 Å². The van der Waals surface area contributed by atoms with Crippen LogP contribution in [0.4, 0.5) is 14.5 Å². The molecule has 0 fully saturated rings. The van der Waals surface area contributed by atoms with E-state index in [1.54, 1.807) is 25.2 Å².